The molecular formula is C6H11ClO2S. The van der Waals surface area contributed by atoms with E-state index in [0.29, 0.717) is 11.8 Å². The molecule has 0 aromatic rings. The second-order valence-corrected chi connectivity index (χ2v) is 6.00. The van der Waals surface area contributed by atoms with Gasteiger partial charge in [0.25, 0.3) is 0 Å². The van der Waals surface area contributed by atoms with Crippen LogP contribution in [0.2, 0.25) is 0 Å². The predicted molar refractivity (Wildman–Crippen MR) is 41.5 cm³/mol. The summed E-state index contributed by atoms with van der Waals surface area (Å²) in [6.45, 7) is 4.04. The fourth-order valence-electron chi connectivity index (χ4n) is 1.21. The van der Waals surface area contributed by atoms with Gasteiger partial charge in [0, 0.05) is 10.7 Å². The molecule has 0 unspecified atom stereocenters. The molecule has 1 fully saturated rings. The molecule has 0 bridgehead atoms. The highest BCUT2D eigenvalue weighted by molar-refractivity contribution is 8.14. The van der Waals surface area contributed by atoms with Gasteiger partial charge in [-0.3, -0.25) is 0 Å². The number of rotatable bonds is 2. The Balaban J connectivity index is 2.55. The van der Waals surface area contributed by atoms with Crippen LogP contribution in [0.1, 0.15) is 20.3 Å². The van der Waals surface area contributed by atoms with Gasteiger partial charge in [-0.25, -0.2) is 8.42 Å². The molecule has 0 spiro atoms. The summed E-state index contributed by atoms with van der Waals surface area (Å²) in [6.07, 6.45) is 0.753. The molecule has 0 aliphatic heterocycles. The molecule has 2 atom stereocenters. The van der Waals surface area contributed by atoms with E-state index >= 15 is 0 Å². The summed E-state index contributed by atoms with van der Waals surface area (Å²) >= 11 is 0. The molecule has 0 amide bonds. The van der Waals surface area contributed by atoms with E-state index in [2.05, 4.69) is 0 Å². The maximum atomic E-state index is 10.7. The minimum atomic E-state index is -3.25. The van der Waals surface area contributed by atoms with Gasteiger partial charge in [-0.2, -0.15) is 0 Å². The van der Waals surface area contributed by atoms with Crippen LogP contribution < -0.4 is 0 Å². The third-order valence-corrected chi connectivity index (χ3v) is 3.95. The maximum absolute atomic E-state index is 10.7. The monoisotopic (exact) mass is 182 g/mol. The van der Waals surface area contributed by atoms with Gasteiger partial charge in [0.1, 0.15) is 0 Å². The third kappa shape index (κ3) is 1.64. The van der Waals surface area contributed by atoms with Crippen molar-refractivity contribution in [3.63, 3.8) is 0 Å². The summed E-state index contributed by atoms with van der Waals surface area (Å²) in [7, 11) is 1.89. The molecule has 1 aliphatic rings. The highest BCUT2D eigenvalue weighted by atomic mass is 35.7. The van der Waals surface area contributed by atoms with E-state index in [1.54, 1.807) is 0 Å². The Morgan fingerprint density at radius 1 is 1.50 bits per heavy atom. The Morgan fingerprint density at radius 3 is 2.10 bits per heavy atom. The van der Waals surface area contributed by atoms with Crippen LogP contribution in [-0.2, 0) is 9.05 Å². The SMILES string of the molecule is CC(C)[C@@H]1C[C@H]1S(=O)(=O)Cl. The van der Waals surface area contributed by atoms with Gasteiger partial charge in [0.05, 0.1) is 5.25 Å². The van der Waals surface area contributed by atoms with Crippen LogP contribution in [0.5, 0.6) is 0 Å². The standard InChI is InChI=1S/C6H11ClO2S/c1-4(2)5-3-6(5)10(7,8)9/h4-6H,3H2,1-2H3/t5-,6+/m0/s1. The third-order valence-electron chi connectivity index (χ3n) is 2.00. The molecule has 1 saturated carbocycles. The lowest BCUT2D eigenvalue weighted by Crippen LogP contribution is -2.03. The zero-order valence-electron chi connectivity index (χ0n) is 6.04. The van der Waals surface area contributed by atoms with E-state index in [1.165, 1.54) is 0 Å². The summed E-state index contributed by atoms with van der Waals surface area (Å²) in [5.41, 5.74) is 0. The van der Waals surface area contributed by atoms with E-state index in [9.17, 15) is 8.42 Å². The first-order chi connectivity index (χ1) is 4.43. The van der Waals surface area contributed by atoms with Crippen molar-refractivity contribution in [3.05, 3.63) is 0 Å². The minimum absolute atomic E-state index is 0.255. The fraction of sp³-hybridized carbons (Fsp3) is 1.00. The summed E-state index contributed by atoms with van der Waals surface area (Å²) < 4.78 is 21.3. The zero-order valence-corrected chi connectivity index (χ0v) is 7.61. The Labute approximate surface area is 66.0 Å². The topological polar surface area (TPSA) is 34.1 Å². The first-order valence-electron chi connectivity index (χ1n) is 3.36. The van der Waals surface area contributed by atoms with Gasteiger partial charge in [-0.05, 0) is 18.3 Å². The lowest BCUT2D eigenvalue weighted by Gasteiger charge is -1.98. The van der Waals surface area contributed by atoms with Gasteiger partial charge in [0.15, 0.2) is 0 Å². The Bertz CT molecular complexity index is 220. The second-order valence-electron chi connectivity index (χ2n) is 3.16. The van der Waals surface area contributed by atoms with Crippen LogP contribution in [-0.4, -0.2) is 13.7 Å². The Hall–Kier alpha value is 0.240. The van der Waals surface area contributed by atoms with E-state index in [1.807, 2.05) is 13.8 Å². The van der Waals surface area contributed by atoms with Crippen LogP contribution in [0.15, 0.2) is 0 Å². The smallest absolute Gasteiger partial charge is 0.212 e. The van der Waals surface area contributed by atoms with Gasteiger partial charge in [-0.1, -0.05) is 13.8 Å². The average Bonchev–Trinajstić information content (AvgIpc) is 2.35. The van der Waals surface area contributed by atoms with Gasteiger partial charge in [0.2, 0.25) is 9.05 Å². The number of hydrogen-bond acceptors (Lipinski definition) is 2. The van der Waals surface area contributed by atoms with Crippen molar-refractivity contribution in [3.8, 4) is 0 Å². The molecule has 0 heterocycles. The highest BCUT2D eigenvalue weighted by Gasteiger charge is 2.47. The van der Waals surface area contributed by atoms with Crippen LogP contribution >= 0.6 is 10.7 Å². The van der Waals surface area contributed by atoms with E-state index in [-0.39, 0.29) is 5.25 Å². The summed E-state index contributed by atoms with van der Waals surface area (Å²) in [5, 5.41) is -0.255. The molecule has 2 nitrogen and oxygen atoms in total. The molecule has 1 aliphatic carbocycles. The fourth-order valence-corrected chi connectivity index (χ4v) is 3.01. The normalized spacial score (nSPS) is 32.8. The van der Waals surface area contributed by atoms with Crippen LogP contribution in [0.3, 0.4) is 0 Å². The Morgan fingerprint density at radius 2 is 2.00 bits per heavy atom. The van der Waals surface area contributed by atoms with Crippen molar-refractivity contribution in [2.45, 2.75) is 25.5 Å². The first kappa shape index (κ1) is 8.34. The zero-order chi connectivity index (χ0) is 7.94. The van der Waals surface area contributed by atoms with Crippen molar-refractivity contribution in [1.82, 2.24) is 0 Å². The van der Waals surface area contributed by atoms with E-state index < -0.39 is 9.05 Å². The molecule has 0 radical (unpaired) electrons. The van der Waals surface area contributed by atoms with Crippen molar-refractivity contribution >= 4 is 19.7 Å². The largest absolute Gasteiger partial charge is 0.235 e. The molecular weight excluding hydrogens is 172 g/mol. The molecule has 60 valence electrons. The van der Waals surface area contributed by atoms with Crippen LogP contribution in [0.25, 0.3) is 0 Å². The molecule has 0 saturated heterocycles. The number of hydrogen-bond donors (Lipinski definition) is 0. The summed E-state index contributed by atoms with van der Waals surface area (Å²) in [4.78, 5) is 0. The molecule has 4 heteroatoms. The van der Waals surface area contributed by atoms with Crippen molar-refractivity contribution < 1.29 is 8.42 Å². The lowest BCUT2D eigenvalue weighted by atomic mass is 10.1. The van der Waals surface area contributed by atoms with Crippen molar-refractivity contribution in [1.29, 1.82) is 0 Å². The molecule has 10 heavy (non-hydrogen) atoms. The molecule has 0 N–H and O–H groups in total. The summed E-state index contributed by atoms with van der Waals surface area (Å²) in [6, 6.07) is 0. The molecule has 0 aromatic carbocycles. The lowest BCUT2D eigenvalue weighted by molar-refractivity contribution is 0.554. The van der Waals surface area contributed by atoms with E-state index in [4.69, 9.17) is 10.7 Å². The first-order valence-corrected chi connectivity index (χ1v) is 5.73. The van der Waals surface area contributed by atoms with Gasteiger partial charge < -0.3 is 0 Å². The summed E-state index contributed by atoms with van der Waals surface area (Å²) in [5.74, 6) is 0.751. The molecule has 0 aromatic heterocycles. The van der Waals surface area contributed by atoms with Crippen molar-refractivity contribution in [2.75, 3.05) is 0 Å². The van der Waals surface area contributed by atoms with Gasteiger partial charge in [-0.15, -0.1) is 0 Å². The average molecular weight is 183 g/mol. The highest BCUT2D eigenvalue weighted by Crippen LogP contribution is 2.43. The minimum Gasteiger partial charge on any atom is -0.212 e. The quantitative estimate of drug-likeness (QED) is 0.608. The molecule has 1 rings (SSSR count). The number of halogens is 1. The Kier molecular flexibility index (Phi) is 1.98. The predicted octanol–water partition coefficient (Wildman–Crippen LogP) is 1.60. The van der Waals surface area contributed by atoms with Crippen LogP contribution in [0, 0.1) is 11.8 Å². The van der Waals surface area contributed by atoms with Crippen molar-refractivity contribution in [2.24, 2.45) is 11.8 Å². The van der Waals surface area contributed by atoms with E-state index in [0.717, 1.165) is 6.42 Å². The van der Waals surface area contributed by atoms with Crippen LogP contribution in [0.4, 0.5) is 0 Å². The van der Waals surface area contributed by atoms with Gasteiger partial charge >= 0.3 is 0 Å². The second kappa shape index (κ2) is 2.38. The maximum Gasteiger partial charge on any atom is 0.235 e.